The van der Waals surface area contributed by atoms with Gasteiger partial charge in [-0.05, 0) is 70.3 Å². The minimum Gasteiger partial charge on any atom is -0.477 e. The monoisotopic (exact) mass is 410 g/mol. The number of rotatable bonds is 6. The average Bonchev–Trinajstić information content (AvgIpc) is 2.75. The molecule has 7 nitrogen and oxygen atoms in total. The Balaban J connectivity index is 1.64. The van der Waals surface area contributed by atoms with Crippen molar-refractivity contribution in [2.45, 2.75) is 45.2 Å². The zero-order chi connectivity index (χ0) is 21.3. The Labute approximate surface area is 177 Å². The van der Waals surface area contributed by atoms with Gasteiger partial charge in [-0.3, -0.25) is 4.90 Å². The van der Waals surface area contributed by atoms with Crippen LogP contribution in [-0.4, -0.2) is 63.5 Å². The summed E-state index contributed by atoms with van der Waals surface area (Å²) in [7, 11) is 0. The first-order valence-corrected chi connectivity index (χ1v) is 10.7. The fraction of sp³-hybridized carbons (Fsp3) is 0.522. The predicted molar refractivity (Wildman–Crippen MR) is 114 cm³/mol. The molecule has 2 bridgehead atoms. The van der Waals surface area contributed by atoms with E-state index in [0.29, 0.717) is 18.4 Å². The molecule has 0 saturated carbocycles. The van der Waals surface area contributed by atoms with Gasteiger partial charge in [0.25, 0.3) is 0 Å². The zero-order valence-corrected chi connectivity index (χ0v) is 17.9. The van der Waals surface area contributed by atoms with Crippen LogP contribution in [0, 0.1) is 5.92 Å². The standard InChI is InChI=1S/C23H30N4O3/c1-4-30-21-9-8-19(24-25-21)17-6-5-7-18(14-17)23(2,3)27(22(28)29)20-15-26-12-10-16(20)11-13-26/h5-9,14,16,20H,4,10-13,15H2,1-3H3,(H,28,29). The number of aromatic nitrogens is 2. The van der Waals surface area contributed by atoms with Crippen molar-refractivity contribution in [1.82, 2.24) is 20.0 Å². The van der Waals surface area contributed by atoms with Crippen LogP contribution in [0.25, 0.3) is 11.3 Å². The highest BCUT2D eigenvalue weighted by Gasteiger charge is 2.45. The van der Waals surface area contributed by atoms with E-state index in [1.807, 2.05) is 51.1 Å². The lowest BCUT2D eigenvalue weighted by Gasteiger charge is -2.52. The van der Waals surface area contributed by atoms with Crippen molar-refractivity contribution in [2.24, 2.45) is 5.92 Å². The van der Waals surface area contributed by atoms with Crippen LogP contribution in [0.4, 0.5) is 4.79 Å². The predicted octanol–water partition coefficient (Wildman–Crippen LogP) is 3.85. The van der Waals surface area contributed by atoms with Gasteiger partial charge in [-0.15, -0.1) is 10.2 Å². The van der Waals surface area contributed by atoms with Crippen molar-refractivity contribution < 1.29 is 14.6 Å². The molecular weight excluding hydrogens is 380 g/mol. The number of ether oxygens (including phenoxy) is 1. The number of hydrogen-bond acceptors (Lipinski definition) is 5. The van der Waals surface area contributed by atoms with Gasteiger partial charge in [-0.25, -0.2) is 4.79 Å². The molecule has 1 aromatic heterocycles. The number of benzene rings is 1. The highest BCUT2D eigenvalue weighted by atomic mass is 16.5. The van der Waals surface area contributed by atoms with E-state index in [-0.39, 0.29) is 6.04 Å². The largest absolute Gasteiger partial charge is 0.477 e. The lowest BCUT2D eigenvalue weighted by molar-refractivity contribution is -0.0289. The summed E-state index contributed by atoms with van der Waals surface area (Å²) in [4.78, 5) is 16.5. The summed E-state index contributed by atoms with van der Waals surface area (Å²) < 4.78 is 5.37. The summed E-state index contributed by atoms with van der Waals surface area (Å²) in [5.74, 6) is 0.933. The van der Waals surface area contributed by atoms with Gasteiger partial charge < -0.3 is 14.7 Å². The lowest BCUT2D eigenvalue weighted by Crippen LogP contribution is -2.62. The van der Waals surface area contributed by atoms with E-state index in [0.717, 1.165) is 49.3 Å². The molecule has 160 valence electrons. The molecule has 0 spiro atoms. The summed E-state index contributed by atoms with van der Waals surface area (Å²) in [6, 6.07) is 11.7. The fourth-order valence-corrected chi connectivity index (χ4v) is 4.92. The minimum atomic E-state index is -0.856. The molecule has 1 N–H and O–H groups in total. The van der Waals surface area contributed by atoms with E-state index in [1.54, 1.807) is 11.0 Å². The molecule has 3 fully saturated rings. The van der Waals surface area contributed by atoms with Gasteiger partial charge >= 0.3 is 6.09 Å². The Kier molecular flexibility index (Phi) is 5.64. The summed E-state index contributed by atoms with van der Waals surface area (Å²) in [6.45, 7) is 9.45. The molecule has 1 amide bonds. The van der Waals surface area contributed by atoms with Gasteiger partial charge in [0, 0.05) is 18.2 Å². The van der Waals surface area contributed by atoms with Gasteiger partial charge in [0.2, 0.25) is 5.88 Å². The van der Waals surface area contributed by atoms with Crippen molar-refractivity contribution in [1.29, 1.82) is 0 Å². The lowest BCUT2D eigenvalue weighted by atomic mass is 9.80. The van der Waals surface area contributed by atoms with Crippen LogP contribution in [0.2, 0.25) is 0 Å². The highest BCUT2D eigenvalue weighted by Crippen LogP contribution is 2.39. The number of fused-ring (bicyclic) bond motifs is 3. The smallest absolute Gasteiger partial charge is 0.408 e. The number of hydrogen-bond donors (Lipinski definition) is 1. The zero-order valence-electron chi connectivity index (χ0n) is 17.9. The molecule has 30 heavy (non-hydrogen) atoms. The summed E-state index contributed by atoms with van der Waals surface area (Å²) in [6.07, 6.45) is 1.29. The second kappa shape index (κ2) is 8.22. The first kappa shape index (κ1) is 20.6. The maximum absolute atomic E-state index is 12.4. The second-order valence-electron chi connectivity index (χ2n) is 8.69. The summed E-state index contributed by atoms with van der Waals surface area (Å²) in [5.41, 5.74) is 1.94. The van der Waals surface area contributed by atoms with Crippen molar-refractivity contribution in [3.8, 4) is 17.1 Å². The van der Waals surface area contributed by atoms with Crippen LogP contribution in [-0.2, 0) is 5.54 Å². The normalized spacial score (nSPS) is 23.2. The van der Waals surface area contributed by atoms with E-state index in [4.69, 9.17) is 4.74 Å². The highest BCUT2D eigenvalue weighted by molar-refractivity contribution is 5.68. The Hall–Kier alpha value is -2.67. The molecule has 1 unspecified atom stereocenters. The molecule has 0 radical (unpaired) electrons. The maximum atomic E-state index is 12.4. The first-order chi connectivity index (χ1) is 14.4. The number of piperidine rings is 3. The molecular formula is C23H30N4O3. The molecule has 3 saturated heterocycles. The Morgan fingerprint density at radius 2 is 2.00 bits per heavy atom. The van der Waals surface area contributed by atoms with Crippen molar-refractivity contribution in [3.05, 3.63) is 42.0 Å². The van der Waals surface area contributed by atoms with Crippen molar-refractivity contribution in [3.63, 3.8) is 0 Å². The molecule has 5 rings (SSSR count). The molecule has 1 aromatic carbocycles. The second-order valence-corrected chi connectivity index (χ2v) is 8.69. The van der Waals surface area contributed by atoms with Gasteiger partial charge in [0.05, 0.1) is 23.9 Å². The minimum absolute atomic E-state index is 0.0222. The summed E-state index contributed by atoms with van der Waals surface area (Å²) >= 11 is 0. The molecule has 3 aliphatic heterocycles. The molecule has 0 aliphatic carbocycles. The first-order valence-electron chi connectivity index (χ1n) is 10.7. The molecule has 4 heterocycles. The molecule has 3 aliphatic rings. The van der Waals surface area contributed by atoms with E-state index in [9.17, 15) is 9.90 Å². The van der Waals surface area contributed by atoms with E-state index < -0.39 is 11.6 Å². The van der Waals surface area contributed by atoms with Crippen LogP contribution in [0.5, 0.6) is 5.88 Å². The molecule has 7 heteroatoms. The van der Waals surface area contributed by atoms with Gasteiger partial charge in [0.1, 0.15) is 0 Å². The average molecular weight is 411 g/mol. The van der Waals surface area contributed by atoms with E-state index in [2.05, 4.69) is 15.1 Å². The third-order valence-corrected chi connectivity index (χ3v) is 6.56. The van der Waals surface area contributed by atoms with Gasteiger partial charge in [0.15, 0.2) is 0 Å². The van der Waals surface area contributed by atoms with Crippen LogP contribution >= 0.6 is 0 Å². The molecule has 2 aromatic rings. The topological polar surface area (TPSA) is 78.8 Å². The van der Waals surface area contributed by atoms with Crippen LogP contribution in [0.15, 0.2) is 36.4 Å². The van der Waals surface area contributed by atoms with Crippen LogP contribution in [0.3, 0.4) is 0 Å². The Morgan fingerprint density at radius 3 is 2.57 bits per heavy atom. The maximum Gasteiger partial charge on any atom is 0.408 e. The third-order valence-electron chi connectivity index (χ3n) is 6.56. The van der Waals surface area contributed by atoms with E-state index >= 15 is 0 Å². The SMILES string of the molecule is CCOc1ccc(-c2cccc(C(C)(C)N(C(=O)O)C3CN4CCC3CC4)c2)nn1. The number of amides is 1. The number of carboxylic acid groups (broad SMARTS) is 1. The van der Waals surface area contributed by atoms with Crippen LogP contribution < -0.4 is 4.74 Å². The quantitative estimate of drug-likeness (QED) is 0.779. The third kappa shape index (κ3) is 3.86. The van der Waals surface area contributed by atoms with Crippen molar-refractivity contribution in [2.75, 3.05) is 26.2 Å². The summed E-state index contributed by atoms with van der Waals surface area (Å²) in [5, 5.41) is 18.6. The van der Waals surface area contributed by atoms with Crippen molar-refractivity contribution >= 4 is 6.09 Å². The van der Waals surface area contributed by atoms with E-state index in [1.165, 1.54) is 0 Å². The Morgan fingerprint density at radius 1 is 1.23 bits per heavy atom. The number of nitrogens with zero attached hydrogens (tertiary/aromatic N) is 4. The van der Waals surface area contributed by atoms with Crippen LogP contribution in [0.1, 0.15) is 39.2 Å². The Bertz CT molecular complexity index is 892. The molecule has 1 atom stereocenters. The van der Waals surface area contributed by atoms with Gasteiger partial charge in [-0.2, -0.15) is 0 Å². The van der Waals surface area contributed by atoms with Gasteiger partial charge in [-0.1, -0.05) is 18.2 Å². The fourth-order valence-electron chi connectivity index (χ4n) is 4.92. The number of carbonyl (C=O) groups is 1.